The largest absolute Gasteiger partial charge is 0.507 e. The predicted molar refractivity (Wildman–Crippen MR) is 100 cm³/mol. The van der Waals surface area contributed by atoms with Gasteiger partial charge in [0.05, 0.1) is 6.21 Å². The van der Waals surface area contributed by atoms with Gasteiger partial charge < -0.3 is 5.11 Å². The zero-order valence-corrected chi connectivity index (χ0v) is 15.4. The second kappa shape index (κ2) is 7.11. The van der Waals surface area contributed by atoms with Gasteiger partial charge in [-0.2, -0.15) is 5.10 Å². The zero-order valence-electron chi connectivity index (χ0n) is 12.2. The van der Waals surface area contributed by atoms with Crippen molar-refractivity contribution in [3.8, 4) is 5.75 Å². The summed E-state index contributed by atoms with van der Waals surface area (Å²) >= 11 is 6.71. The maximum absolute atomic E-state index is 12.1. The van der Waals surface area contributed by atoms with Gasteiger partial charge >= 0.3 is 0 Å². The Morgan fingerprint density at radius 1 is 1.08 bits per heavy atom. The molecule has 0 saturated heterocycles. The lowest BCUT2D eigenvalue weighted by molar-refractivity contribution is 0.0950. The van der Waals surface area contributed by atoms with E-state index in [0.29, 0.717) is 5.56 Å². The number of aromatic nitrogens is 1. The Hall–Kier alpha value is -2.25. The molecule has 2 N–H and O–H groups in total. The summed E-state index contributed by atoms with van der Waals surface area (Å²) in [4.78, 5) is 16.3. The minimum Gasteiger partial charge on any atom is -0.507 e. The van der Waals surface area contributed by atoms with Crippen LogP contribution < -0.4 is 5.43 Å². The van der Waals surface area contributed by atoms with Crippen LogP contribution in [0.3, 0.4) is 0 Å². The summed E-state index contributed by atoms with van der Waals surface area (Å²) in [7, 11) is 0. The van der Waals surface area contributed by atoms with Crippen molar-refractivity contribution in [2.75, 3.05) is 0 Å². The lowest BCUT2D eigenvalue weighted by Gasteiger charge is -2.03. The predicted octanol–water partition coefficient (Wildman–Crippen LogP) is 4.23. The second-order valence-electron chi connectivity index (χ2n) is 4.96. The fourth-order valence-electron chi connectivity index (χ4n) is 2.08. The van der Waals surface area contributed by atoms with Crippen molar-refractivity contribution in [1.29, 1.82) is 0 Å². The Labute approximate surface area is 154 Å². The monoisotopic (exact) mass is 447 g/mol. The van der Waals surface area contributed by atoms with Gasteiger partial charge in [-0.3, -0.25) is 9.78 Å². The van der Waals surface area contributed by atoms with E-state index < -0.39 is 5.91 Å². The number of amides is 1. The van der Waals surface area contributed by atoms with Crippen molar-refractivity contribution in [3.05, 3.63) is 68.9 Å². The number of aromatic hydroxyl groups is 1. The number of rotatable bonds is 3. The summed E-state index contributed by atoms with van der Waals surface area (Å²) in [6.45, 7) is 0. The topological polar surface area (TPSA) is 74.6 Å². The molecule has 1 heterocycles. The molecule has 0 aliphatic carbocycles. The third-order valence-corrected chi connectivity index (χ3v) is 4.26. The number of nitrogens with one attached hydrogen (secondary N) is 1. The highest BCUT2D eigenvalue weighted by Crippen LogP contribution is 2.21. The van der Waals surface area contributed by atoms with Gasteiger partial charge in [-0.15, -0.1) is 0 Å². The highest BCUT2D eigenvalue weighted by molar-refractivity contribution is 9.10. The van der Waals surface area contributed by atoms with E-state index >= 15 is 0 Å². The van der Waals surface area contributed by atoms with E-state index in [2.05, 4.69) is 47.4 Å². The highest BCUT2D eigenvalue weighted by Gasteiger charge is 2.07. The molecule has 24 heavy (non-hydrogen) atoms. The number of nitrogens with zero attached hydrogens (tertiary/aromatic N) is 2. The third kappa shape index (κ3) is 3.80. The van der Waals surface area contributed by atoms with Crippen molar-refractivity contribution in [1.82, 2.24) is 10.4 Å². The Kier molecular flexibility index (Phi) is 4.92. The van der Waals surface area contributed by atoms with E-state index in [-0.39, 0.29) is 11.4 Å². The summed E-state index contributed by atoms with van der Waals surface area (Å²) < 4.78 is 1.73. The average Bonchev–Trinajstić information content (AvgIpc) is 2.57. The first kappa shape index (κ1) is 16.6. The highest BCUT2D eigenvalue weighted by atomic mass is 79.9. The molecule has 0 aliphatic heterocycles. The van der Waals surface area contributed by atoms with Crippen molar-refractivity contribution < 1.29 is 9.90 Å². The van der Waals surface area contributed by atoms with Gasteiger partial charge in [-0.1, -0.05) is 37.9 Å². The fraction of sp³-hybridized carbons (Fsp3) is 0. The Morgan fingerprint density at radius 3 is 2.67 bits per heavy atom. The van der Waals surface area contributed by atoms with E-state index in [1.807, 2.05) is 18.2 Å². The van der Waals surface area contributed by atoms with E-state index in [1.54, 1.807) is 24.4 Å². The number of halogens is 2. The molecule has 3 aromatic rings. The van der Waals surface area contributed by atoms with Crippen molar-refractivity contribution in [3.63, 3.8) is 0 Å². The van der Waals surface area contributed by atoms with Gasteiger partial charge in [0.1, 0.15) is 11.4 Å². The standard InChI is InChI=1S/C17H11Br2N3O2/c18-13-2-1-10-8-20-15(7-11(10)5-13)17(24)22-21-9-12-6-14(19)3-4-16(12)23/h1-9,23H,(H,22,24)/b21-9+. The van der Waals surface area contributed by atoms with E-state index in [1.165, 1.54) is 12.3 Å². The second-order valence-corrected chi connectivity index (χ2v) is 6.79. The number of hydrogen-bond donors (Lipinski definition) is 2. The fourth-order valence-corrected chi connectivity index (χ4v) is 2.84. The number of benzene rings is 2. The molecule has 0 unspecified atom stereocenters. The van der Waals surface area contributed by atoms with Gasteiger partial charge in [0.25, 0.3) is 5.91 Å². The molecular weight excluding hydrogens is 438 g/mol. The Bertz CT molecular complexity index is 958. The van der Waals surface area contributed by atoms with Crippen LogP contribution in [-0.4, -0.2) is 22.2 Å². The van der Waals surface area contributed by atoms with Crippen molar-refractivity contribution >= 4 is 54.8 Å². The van der Waals surface area contributed by atoms with Crippen LogP contribution in [0.2, 0.25) is 0 Å². The lowest BCUT2D eigenvalue weighted by atomic mass is 10.1. The molecule has 0 bridgehead atoms. The minimum atomic E-state index is -0.428. The first-order valence-electron chi connectivity index (χ1n) is 6.90. The van der Waals surface area contributed by atoms with Gasteiger partial charge in [-0.25, -0.2) is 5.43 Å². The molecule has 0 radical (unpaired) electrons. The average molecular weight is 449 g/mol. The molecule has 5 nitrogen and oxygen atoms in total. The van der Waals surface area contributed by atoms with Crippen LogP contribution in [0.5, 0.6) is 5.75 Å². The Morgan fingerprint density at radius 2 is 1.83 bits per heavy atom. The van der Waals surface area contributed by atoms with Gasteiger partial charge in [0.2, 0.25) is 0 Å². The molecule has 1 aromatic heterocycles. The van der Waals surface area contributed by atoms with Crippen LogP contribution in [0, 0.1) is 0 Å². The summed E-state index contributed by atoms with van der Waals surface area (Å²) in [5.74, 6) is -0.354. The van der Waals surface area contributed by atoms with Gasteiger partial charge in [0, 0.05) is 26.1 Å². The van der Waals surface area contributed by atoms with E-state index in [0.717, 1.165) is 19.7 Å². The van der Waals surface area contributed by atoms with Crippen LogP contribution in [0.4, 0.5) is 0 Å². The molecule has 0 spiro atoms. The Balaban J connectivity index is 1.77. The maximum atomic E-state index is 12.1. The number of hydrazone groups is 1. The number of fused-ring (bicyclic) bond motifs is 1. The number of carbonyl (C=O) groups is 1. The molecule has 0 saturated carbocycles. The van der Waals surface area contributed by atoms with Gasteiger partial charge in [-0.05, 0) is 41.8 Å². The third-order valence-electron chi connectivity index (χ3n) is 3.28. The summed E-state index contributed by atoms with van der Waals surface area (Å²) in [5, 5.41) is 15.4. The van der Waals surface area contributed by atoms with Crippen molar-refractivity contribution in [2.24, 2.45) is 5.10 Å². The number of carbonyl (C=O) groups excluding carboxylic acids is 1. The van der Waals surface area contributed by atoms with Crippen LogP contribution in [0.1, 0.15) is 16.1 Å². The molecule has 120 valence electrons. The zero-order chi connectivity index (χ0) is 17.1. The smallest absolute Gasteiger partial charge is 0.289 e. The lowest BCUT2D eigenvalue weighted by Crippen LogP contribution is -2.18. The summed E-state index contributed by atoms with van der Waals surface area (Å²) in [6.07, 6.45) is 3.01. The van der Waals surface area contributed by atoms with Crippen LogP contribution in [0.15, 0.2) is 62.7 Å². The first-order valence-corrected chi connectivity index (χ1v) is 8.49. The molecule has 3 rings (SSSR count). The molecule has 0 fully saturated rings. The number of phenolic OH excluding ortho intramolecular Hbond substituents is 1. The molecule has 2 aromatic carbocycles. The summed E-state index contributed by atoms with van der Waals surface area (Å²) in [6, 6.07) is 12.4. The van der Waals surface area contributed by atoms with Crippen LogP contribution >= 0.6 is 31.9 Å². The van der Waals surface area contributed by atoms with E-state index in [9.17, 15) is 9.90 Å². The molecule has 7 heteroatoms. The van der Waals surface area contributed by atoms with E-state index in [4.69, 9.17) is 0 Å². The molecule has 1 amide bonds. The van der Waals surface area contributed by atoms with Crippen molar-refractivity contribution in [2.45, 2.75) is 0 Å². The number of phenols is 1. The summed E-state index contributed by atoms with van der Waals surface area (Å²) in [5.41, 5.74) is 3.15. The molecule has 0 aliphatic rings. The van der Waals surface area contributed by atoms with Crippen LogP contribution in [-0.2, 0) is 0 Å². The van der Waals surface area contributed by atoms with Gasteiger partial charge in [0.15, 0.2) is 0 Å². The quantitative estimate of drug-likeness (QED) is 0.465. The SMILES string of the molecule is O=C(N/N=C/c1cc(Br)ccc1O)c1cc2cc(Br)ccc2cn1. The molecule has 0 atom stereocenters. The number of hydrogen-bond acceptors (Lipinski definition) is 4. The first-order chi connectivity index (χ1) is 11.5. The molecular formula is C17H11Br2N3O2. The normalized spacial score (nSPS) is 11.1. The number of pyridine rings is 1. The van der Waals surface area contributed by atoms with Crippen LogP contribution in [0.25, 0.3) is 10.8 Å². The minimum absolute atomic E-state index is 0.0740. The maximum Gasteiger partial charge on any atom is 0.289 e.